The summed E-state index contributed by atoms with van der Waals surface area (Å²) in [5, 5.41) is 2.95. The van der Waals surface area contributed by atoms with Crippen LogP contribution in [-0.2, 0) is 16.1 Å². The van der Waals surface area contributed by atoms with Crippen molar-refractivity contribution in [1.29, 1.82) is 0 Å². The maximum atomic E-state index is 13.4. The Kier molecular flexibility index (Phi) is 8.97. The van der Waals surface area contributed by atoms with Crippen molar-refractivity contribution in [1.82, 2.24) is 15.1 Å². The summed E-state index contributed by atoms with van der Waals surface area (Å²) < 4.78 is 16.7. The van der Waals surface area contributed by atoms with Gasteiger partial charge in [0.1, 0.15) is 0 Å². The molecule has 0 aromatic heterocycles. The van der Waals surface area contributed by atoms with E-state index in [0.717, 1.165) is 61.0 Å². The molecule has 37 heavy (non-hydrogen) atoms. The van der Waals surface area contributed by atoms with E-state index in [4.69, 9.17) is 14.2 Å². The Morgan fingerprint density at radius 2 is 1.68 bits per heavy atom. The number of hydrogen-bond acceptors (Lipinski definition) is 6. The van der Waals surface area contributed by atoms with Crippen LogP contribution in [0.3, 0.4) is 0 Å². The van der Waals surface area contributed by atoms with Crippen LogP contribution in [0.4, 0.5) is 4.79 Å². The van der Waals surface area contributed by atoms with Crippen LogP contribution in [0.15, 0.2) is 46.9 Å². The molecule has 2 amide bonds. The monoisotopic (exact) mass is 573 g/mol. The molecule has 2 aromatic carbocycles. The molecule has 0 bridgehead atoms. The van der Waals surface area contributed by atoms with E-state index >= 15 is 0 Å². The molecule has 2 saturated heterocycles. The number of nitrogens with zero attached hydrogens (tertiary/aromatic N) is 2. The van der Waals surface area contributed by atoms with Crippen LogP contribution >= 0.6 is 15.9 Å². The Balaban J connectivity index is 1.34. The van der Waals surface area contributed by atoms with Gasteiger partial charge in [-0.15, -0.1) is 0 Å². The first kappa shape index (κ1) is 27.3. The normalized spacial score (nSPS) is 18.1. The summed E-state index contributed by atoms with van der Waals surface area (Å²) in [6.45, 7) is 4.03. The first-order valence-corrected chi connectivity index (χ1v) is 13.5. The Labute approximate surface area is 227 Å². The molecule has 2 heterocycles. The number of carbonyl (C=O) groups excluding carboxylic acids is 2. The minimum atomic E-state index is -0.472. The quantitative estimate of drug-likeness (QED) is 0.465. The van der Waals surface area contributed by atoms with E-state index in [2.05, 4.69) is 38.3 Å². The SMILES string of the molecule is COC(=O)NC(CCN1CCC2(CC1)CCN(Cc1ccc(Br)cc1)C2=O)c1ccc(OC)c(OC)c1. The fourth-order valence-corrected chi connectivity index (χ4v) is 5.69. The summed E-state index contributed by atoms with van der Waals surface area (Å²) >= 11 is 3.47. The summed E-state index contributed by atoms with van der Waals surface area (Å²) in [4.78, 5) is 29.9. The minimum absolute atomic E-state index is 0.237. The second kappa shape index (κ2) is 12.2. The van der Waals surface area contributed by atoms with Gasteiger partial charge in [0, 0.05) is 24.1 Å². The highest BCUT2D eigenvalue weighted by Gasteiger charge is 2.47. The number of alkyl carbamates (subject to hydrolysis) is 1. The summed E-state index contributed by atoms with van der Waals surface area (Å²) in [5.41, 5.74) is 1.84. The van der Waals surface area contributed by atoms with Crippen LogP contribution in [0.25, 0.3) is 0 Å². The Morgan fingerprint density at radius 1 is 1.00 bits per heavy atom. The highest BCUT2D eigenvalue weighted by molar-refractivity contribution is 9.10. The maximum absolute atomic E-state index is 13.4. The standard InChI is InChI=1S/C28H36BrN3O5/c1-35-24-9-6-21(18-25(24)36-2)23(30-27(34)37-3)10-14-31-15-11-28(12-16-31)13-17-32(26(28)33)19-20-4-7-22(29)8-5-20/h4-9,18,23H,10-17,19H2,1-3H3,(H,30,34). The number of likely N-dealkylation sites (tertiary alicyclic amines) is 2. The van der Waals surface area contributed by atoms with Gasteiger partial charge in [0.05, 0.1) is 32.8 Å². The Hall–Kier alpha value is -2.78. The lowest BCUT2D eigenvalue weighted by molar-refractivity contribution is -0.138. The summed E-state index contributed by atoms with van der Waals surface area (Å²) in [6.07, 6.45) is 2.90. The van der Waals surface area contributed by atoms with Crippen LogP contribution in [0.5, 0.6) is 11.5 Å². The fraction of sp³-hybridized carbons (Fsp3) is 0.500. The smallest absolute Gasteiger partial charge is 0.407 e. The van der Waals surface area contributed by atoms with Gasteiger partial charge in [-0.3, -0.25) is 4.79 Å². The molecular formula is C28H36BrN3O5. The van der Waals surface area contributed by atoms with Crippen LogP contribution in [0, 0.1) is 5.41 Å². The van der Waals surface area contributed by atoms with Crippen molar-refractivity contribution in [2.45, 2.75) is 38.3 Å². The molecule has 4 rings (SSSR count). The van der Waals surface area contributed by atoms with Crippen molar-refractivity contribution in [2.24, 2.45) is 5.41 Å². The zero-order chi connectivity index (χ0) is 26.4. The minimum Gasteiger partial charge on any atom is -0.493 e. The van der Waals surface area contributed by atoms with E-state index in [0.29, 0.717) is 30.4 Å². The van der Waals surface area contributed by atoms with Gasteiger partial charge in [-0.2, -0.15) is 0 Å². The first-order chi connectivity index (χ1) is 17.9. The molecule has 8 nitrogen and oxygen atoms in total. The van der Waals surface area contributed by atoms with Crippen molar-refractivity contribution in [3.05, 3.63) is 58.1 Å². The molecule has 2 aliphatic rings. The molecular weight excluding hydrogens is 538 g/mol. The molecule has 0 saturated carbocycles. The van der Waals surface area contributed by atoms with Gasteiger partial charge in [-0.05, 0) is 74.2 Å². The van der Waals surface area contributed by atoms with E-state index in [1.165, 1.54) is 7.11 Å². The predicted octanol–water partition coefficient (Wildman–Crippen LogP) is 4.77. The topological polar surface area (TPSA) is 80.3 Å². The average Bonchev–Trinajstić information content (AvgIpc) is 3.22. The molecule has 1 spiro atoms. The number of amides is 2. The molecule has 2 aliphatic heterocycles. The van der Waals surface area contributed by atoms with E-state index in [9.17, 15) is 9.59 Å². The van der Waals surface area contributed by atoms with Crippen molar-refractivity contribution >= 4 is 27.9 Å². The van der Waals surface area contributed by atoms with E-state index < -0.39 is 6.09 Å². The molecule has 0 radical (unpaired) electrons. The van der Waals surface area contributed by atoms with Crippen molar-refractivity contribution < 1.29 is 23.8 Å². The summed E-state index contributed by atoms with van der Waals surface area (Å²) in [6, 6.07) is 13.6. The molecule has 1 unspecified atom stereocenters. The van der Waals surface area contributed by atoms with Crippen molar-refractivity contribution in [2.75, 3.05) is 47.5 Å². The van der Waals surface area contributed by atoms with E-state index in [-0.39, 0.29) is 11.5 Å². The molecule has 200 valence electrons. The zero-order valence-corrected chi connectivity index (χ0v) is 23.4. The highest BCUT2D eigenvalue weighted by atomic mass is 79.9. The lowest BCUT2D eigenvalue weighted by Crippen LogP contribution is -2.45. The van der Waals surface area contributed by atoms with Gasteiger partial charge in [0.15, 0.2) is 11.5 Å². The lowest BCUT2D eigenvalue weighted by atomic mass is 9.77. The molecule has 0 aliphatic carbocycles. The highest BCUT2D eigenvalue weighted by Crippen LogP contribution is 2.42. The van der Waals surface area contributed by atoms with Gasteiger partial charge in [0.25, 0.3) is 0 Å². The number of piperidine rings is 1. The molecule has 1 atom stereocenters. The number of rotatable bonds is 9. The van der Waals surface area contributed by atoms with Crippen molar-refractivity contribution in [3.8, 4) is 11.5 Å². The van der Waals surface area contributed by atoms with Crippen LogP contribution in [-0.4, -0.2) is 69.3 Å². The third-order valence-electron chi connectivity index (χ3n) is 7.72. The van der Waals surface area contributed by atoms with Gasteiger partial charge in [-0.25, -0.2) is 4.79 Å². The average molecular weight is 575 g/mol. The summed E-state index contributed by atoms with van der Waals surface area (Å²) in [5.74, 6) is 1.55. The second-order valence-corrected chi connectivity index (χ2v) is 10.7. The maximum Gasteiger partial charge on any atom is 0.407 e. The molecule has 9 heteroatoms. The van der Waals surface area contributed by atoms with Gasteiger partial charge < -0.3 is 29.3 Å². The Bertz CT molecular complexity index is 1090. The number of benzene rings is 2. The van der Waals surface area contributed by atoms with Gasteiger partial charge in [0.2, 0.25) is 5.91 Å². The Morgan fingerprint density at radius 3 is 2.32 bits per heavy atom. The van der Waals surface area contributed by atoms with Crippen molar-refractivity contribution in [3.63, 3.8) is 0 Å². The lowest BCUT2D eigenvalue weighted by Gasteiger charge is -2.38. The summed E-state index contributed by atoms with van der Waals surface area (Å²) in [7, 11) is 4.56. The third kappa shape index (κ3) is 6.38. The number of ether oxygens (including phenoxy) is 3. The predicted molar refractivity (Wildman–Crippen MR) is 145 cm³/mol. The molecule has 2 fully saturated rings. The van der Waals surface area contributed by atoms with Crippen LogP contribution < -0.4 is 14.8 Å². The number of hydrogen-bond donors (Lipinski definition) is 1. The number of carbonyl (C=O) groups is 2. The number of halogens is 1. The van der Waals surface area contributed by atoms with Gasteiger partial charge in [-0.1, -0.05) is 34.1 Å². The third-order valence-corrected chi connectivity index (χ3v) is 8.25. The van der Waals surface area contributed by atoms with Gasteiger partial charge >= 0.3 is 6.09 Å². The van der Waals surface area contributed by atoms with E-state index in [1.807, 2.05) is 35.2 Å². The second-order valence-electron chi connectivity index (χ2n) is 9.82. The molecule has 1 N–H and O–H groups in total. The van der Waals surface area contributed by atoms with Crippen LogP contribution in [0.1, 0.15) is 42.9 Å². The van der Waals surface area contributed by atoms with Crippen LogP contribution in [0.2, 0.25) is 0 Å². The largest absolute Gasteiger partial charge is 0.493 e. The first-order valence-electron chi connectivity index (χ1n) is 12.7. The number of nitrogens with one attached hydrogen (secondary N) is 1. The van der Waals surface area contributed by atoms with E-state index in [1.54, 1.807) is 14.2 Å². The fourth-order valence-electron chi connectivity index (χ4n) is 5.43. The number of methoxy groups -OCH3 is 3. The zero-order valence-electron chi connectivity index (χ0n) is 21.8. The molecule has 2 aromatic rings.